The standard InChI is InChI=1S/C16H30N5O4S/c1-13(2)14-17-15(20(18-14)16(23)19(3)4)26-12-21(11-22,7-9-24-5)8-10-25-6/h11,13H,7-10,12H2,1-6H3/q+1. The van der Waals surface area contributed by atoms with Gasteiger partial charge in [0.15, 0.2) is 5.82 Å². The molecule has 0 atom stereocenters. The number of aromatic nitrogens is 3. The molecule has 1 rings (SSSR count). The van der Waals surface area contributed by atoms with Crippen LogP contribution in [0.15, 0.2) is 5.16 Å². The highest BCUT2D eigenvalue weighted by Gasteiger charge is 2.29. The van der Waals surface area contributed by atoms with Crippen LogP contribution in [0.1, 0.15) is 25.6 Å². The lowest BCUT2D eigenvalue weighted by atomic mass is 10.2. The molecular weight excluding hydrogens is 358 g/mol. The third-order valence-electron chi connectivity index (χ3n) is 3.83. The number of rotatable bonds is 11. The molecule has 0 bridgehead atoms. The topological polar surface area (TPSA) is 86.5 Å². The van der Waals surface area contributed by atoms with Crippen LogP contribution in [0.25, 0.3) is 0 Å². The lowest BCUT2D eigenvalue weighted by molar-refractivity contribution is -0.833. The van der Waals surface area contributed by atoms with Gasteiger partial charge in [0.05, 0.1) is 13.2 Å². The van der Waals surface area contributed by atoms with Crippen molar-refractivity contribution in [3.8, 4) is 0 Å². The van der Waals surface area contributed by atoms with Gasteiger partial charge in [-0.15, -0.1) is 5.10 Å². The van der Waals surface area contributed by atoms with E-state index >= 15 is 0 Å². The third-order valence-corrected chi connectivity index (χ3v) is 5.00. The Hall–Kier alpha value is -1.49. The van der Waals surface area contributed by atoms with Gasteiger partial charge in [0, 0.05) is 34.2 Å². The van der Waals surface area contributed by atoms with Gasteiger partial charge in [-0.2, -0.15) is 4.68 Å². The molecule has 0 fully saturated rings. The van der Waals surface area contributed by atoms with Crippen LogP contribution in [0.5, 0.6) is 0 Å². The van der Waals surface area contributed by atoms with Crippen LogP contribution in [0.4, 0.5) is 4.79 Å². The lowest BCUT2D eigenvalue weighted by Crippen LogP contribution is -2.50. The number of nitrogens with zero attached hydrogens (tertiary/aromatic N) is 5. The second kappa shape index (κ2) is 10.6. The summed E-state index contributed by atoms with van der Waals surface area (Å²) >= 11 is 1.34. The van der Waals surface area contributed by atoms with E-state index in [1.54, 1.807) is 28.3 Å². The molecule has 0 radical (unpaired) electrons. The summed E-state index contributed by atoms with van der Waals surface area (Å²) in [6, 6.07) is -0.273. The van der Waals surface area contributed by atoms with Crippen molar-refractivity contribution < 1.29 is 23.5 Å². The summed E-state index contributed by atoms with van der Waals surface area (Å²) in [4.78, 5) is 30.2. The second-order valence-electron chi connectivity index (χ2n) is 6.53. The van der Waals surface area contributed by atoms with Gasteiger partial charge in [0.2, 0.25) is 5.16 Å². The molecule has 0 saturated heterocycles. The molecule has 2 amide bonds. The van der Waals surface area contributed by atoms with E-state index in [1.807, 2.05) is 13.8 Å². The van der Waals surface area contributed by atoms with Gasteiger partial charge >= 0.3 is 12.4 Å². The van der Waals surface area contributed by atoms with E-state index in [9.17, 15) is 9.59 Å². The molecule has 9 nitrogen and oxygen atoms in total. The molecule has 1 aromatic rings. The number of quaternary nitrogens is 1. The van der Waals surface area contributed by atoms with Crippen LogP contribution in [0.2, 0.25) is 0 Å². The summed E-state index contributed by atoms with van der Waals surface area (Å²) < 4.78 is 11.7. The number of ether oxygens (including phenoxy) is 2. The van der Waals surface area contributed by atoms with Crippen molar-refractivity contribution in [2.75, 3.05) is 60.5 Å². The van der Waals surface area contributed by atoms with Crippen molar-refractivity contribution in [1.29, 1.82) is 0 Å². The van der Waals surface area contributed by atoms with Crippen molar-refractivity contribution in [2.24, 2.45) is 0 Å². The first-order valence-corrected chi connectivity index (χ1v) is 9.40. The van der Waals surface area contributed by atoms with Gasteiger partial charge in [0.1, 0.15) is 19.0 Å². The summed E-state index contributed by atoms with van der Waals surface area (Å²) in [6.45, 7) is 5.87. The van der Waals surface area contributed by atoms with Crippen LogP contribution < -0.4 is 0 Å². The van der Waals surface area contributed by atoms with Crippen LogP contribution in [0.3, 0.4) is 0 Å². The molecule has 0 spiro atoms. The predicted molar refractivity (Wildman–Crippen MR) is 99.1 cm³/mol. The first-order chi connectivity index (χ1) is 12.3. The maximum Gasteiger partial charge on any atom is 0.346 e. The lowest BCUT2D eigenvalue weighted by Gasteiger charge is -2.30. The number of hydrogen-bond donors (Lipinski definition) is 0. The molecule has 0 aliphatic heterocycles. The zero-order chi connectivity index (χ0) is 19.7. The molecule has 0 aliphatic carbocycles. The Balaban J connectivity index is 3.06. The summed E-state index contributed by atoms with van der Waals surface area (Å²) in [6.07, 6.45) is 0.906. The first kappa shape index (κ1) is 22.6. The third kappa shape index (κ3) is 6.04. The summed E-state index contributed by atoms with van der Waals surface area (Å²) in [5, 5.41) is 4.81. The average molecular weight is 389 g/mol. The first-order valence-electron chi connectivity index (χ1n) is 8.41. The van der Waals surface area contributed by atoms with Gasteiger partial charge in [0.25, 0.3) is 0 Å². The summed E-state index contributed by atoms with van der Waals surface area (Å²) in [5.74, 6) is 1.10. The van der Waals surface area contributed by atoms with Gasteiger partial charge < -0.3 is 14.4 Å². The normalized spacial score (nSPS) is 11.8. The number of thioether (sulfide) groups is 1. The fraction of sp³-hybridized carbons (Fsp3) is 0.750. The average Bonchev–Trinajstić information content (AvgIpc) is 3.05. The fourth-order valence-corrected chi connectivity index (χ4v) is 3.17. The van der Waals surface area contributed by atoms with Crippen LogP contribution in [-0.2, 0) is 14.3 Å². The fourth-order valence-electron chi connectivity index (χ4n) is 2.07. The van der Waals surface area contributed by atoms with E-state index in [1.165, 1.54) is 21.3 Å². The van der Waals surface area contributed by atoms with Crippen LogP contribution in [0, 0.1) is 0 Å². The Bertz CT molecular complexity index is 583. The molecule has 0 aromatic carbocycles. The van der Waals surface area contributed by atoms with Crippen molar-refractivity contribution in [2.45, 2.75) is 24.9 Å². The minimum atomic E-state index is -0.273. The van der Waals surface area contributed by atoms with Gasteiger partial charge in [-0.05, 0) is 11.8 Å². The highest BCUT2D eigenvalue weighted by atomic mass is 32.2. The van der Waals surface area contributed by atoms with E-state index in [-0.39, 0.29) is 16.4 Å². The molecule has 148 valence electrons. The molecule has 1 heterocycles. The molecule has 26 heavy (non-hydrogen) atoms. The minimum Gasteiger partial charge on any atom is -0.379 e. The van der Waals surface area contributed by atoms with E-state index in [0.29, 0.717) is 43.2 Å². The molecule has 0 unspecified atom stereocenters. The molecular formula is C16H30N5O4S+. The maximum absolute atomic E-state index is 12.4. The Labute approximate surface area is 159 Å². The summed E-state index contributed by atoms with van der Waals surface area (Å²) in [5.41, 5.74) is 0. The Morgan fingerprint density at radius 3 is 2.27 bits per heavy atom. The Morgan fingerprint density at radius 1 is 1.27 bits per heavy atom. The second-order valence-corrected chi connectivity index (χ2v) is 7.44. The number of methoxy groups -OCH3 is 2. The molecule has 10 heteroatoms. The smallest absolute Gasteiger partial charge is 0.346 e. The molecule has 0 saturated carbocycles. The largest absolute Gasteiger partial charge is 0.379 e. The molecule has 1 aromatic heterocycles. The van der Waals surface area contributed by atoms with Crippen molar-refractivity contribution in [1.82, 2.24) is 19.7 Å². The maximum atomic E-state index is 12.4. The van der Waals surface area contributed by atoms with E-state index in [4.69, 9.17) is 9.47 Å². The Morgan fingerprint density at radius 2 is 1.85 bits per heavy atom. The number of hydrogen-bond acceptors (Lipinski definition) is 7. The number of amides is 2. The number of carbonyl (C=O) groups is 2. The predicted octanol–water partition coefficient (Wildman–Crippen LogP) is 1.25. The van der Waals surface area contributed by atoms with E-state index in [0.717, 1.165) is 6.41 Å². The van der Waals surface area contributed by atoms with Gasteiger partial charge in [-0.1, -0.05) is 13.8 Å². The zero-order valence-electron chi connectivity index (χ0n) is 16.5. The van der Waals surface area contributed by atoms with E-state index in [2.05, 4.69) is 10.1 Å². The van der Waals surface area contributed by atoms with Crippen molar-refractivity contribution >= 4 is 24.2 Å². The molecule has 0 aliphatic rings. The number of carbonyl (C=O) groups excluding carboxylic acids is 2. The van der Waals surface area contributed by atoms with Gasteiger partial charge in [-0.3, -0.25) is 4.48 Å². The van der Waals surface area contributed by atoms with Crippen molar-refractivity contribution in [3.05, 3.63) is 5.82 Å². The van der Waals surface area contributed by atoms with E-state index < -0.39 is 0 Å². The highest BCUT2D eigenvalue weighted by Crippen LogP contribution is 2.23. The zero-order valence-corrected chi connectivity index (χ0v) is 17.3. The quantitative estimate of drug-likeness (QED) is 0.244. The monoisotopic (exact) mass is 388 g/mol. The Kier molecular flexibility index (Phi) is 9.20. The van der Waals surface area contributed by atoms with Crippen molar-refractivity contribution in [3.63, 3.8) is 0 Å². The molecule has 0 N–H and O–H groups in total. The van der Waals surface area contributed by atoms with Crippen LogP contribution in [-0.4, -0.2) is 97.1 Å². The summed E-state index contributed by atoms with van der Waals surface area (Å²) in [7, 11) is 6.53. The van der Waals surface area contributed by atoms with Crippen LogP contribution >= 0.6 is 11.8 Å². The SMILES string of the molecule is COCC[N+](C=O)(CCOC)CSc1nc(C(C)C)nn1C(=O)N(C)C. The van der Waals surface area contributed by atoms with Gasteiger partial charge in [-0.25, -0.2) is 14.6 Å². The highest BCUT2D eigenvalue weighted by molar-refractivity contribution is 7.99. The minimum absolute atomic E-state index is 0.0952.